The van der Waals surface area contributed by atoms with Gasteiger partial charge < -0.3 is 4.42 Å². The molecule has 0 bridgehead atoms. The number of benzene rings is 3. The first-order valence-electron chi connectivity index (χ1n) is 9.19. The highest BCUT2D eigenvalue weighted by Gasteiger charge is 2.07. The molecule has 6 heteroatoms. The SMILES string of the molecule is O=c1oc2ccccc2cc1-c1ccc(N=CC=Cc2ccc([N+](=O)[O-])cc2)cc1. The summed E-state index contributed by atoms with van der Waals surface area (Å²) in [6, 6.07) is 22.8. The number of aliphatic imine (C=N–C) groups is 1. The quantitative estimate of drug-likeness (QED) is 0.185. The highest BCUT2D eigenvalue weighted by Crippen LogP contribution is 2.23. The van der Waals surface area contributed by atoms with E-state index in [1.54, 1.807) is 30.5 Å². The third-order valence-electron chi connectivity index (χ3n) is 4.52. The first kappa shape index (κ1) is 19.0. The van der Waals surface area contributed by atoms with E-state index in [0.29, 0.717) is 11.1 Å². The Morgan fingerprint density at radius 2 is 1.67 bits per heavy atom. The minimum absolute atomic E-state index is 0.0568. The Bertz CT molecular complexity index is 1320. The van der Waals surface area contributed by atoms with Crippen LogP contribution in [0.2, 0.25) is 0 Å². The van der Waals surface area contributed by atoms with E-state index in [9.17, 15) is 14.9 Å². The molecule has 1 aromatic heterocycles. The maximum atomic E-state index is 12.3. The van der Waals surface area contributed by atoms with Crippen molar-refractivity contribution in [2.75, 3.05) is 0 Å². The number of nitrogens with zero attached hydrogens (tertiary/aromatic N) is 2. The number of allylic oxidation sites excluding steroid dienone is 1. The van der Waals surface area contributed by atoms with E-state index in [1.165, 1.54) is 12.1 Å². The van der Waals surface area contributed by atoms with Crippen LogP contribution in [-0.4, -0.2) is 11.1 Å². The Morgan fingerprint density at radius 1 is 0.933 bits per heavy atom. The zero-order valence-electron chi connectivity index (χ0n) is 15.8. The molecule has 146 valence electrons. The van der Waals surface area contributed by atoms with Crippen molar-refractivity contribution < 1.29 is 9.34 Å². The number of para-hydroxylation sites is 1. The lowest BCUT2D eigenvalue weighted by Gasteiger charge is -2.03. The molecule has 4 aromatic rings. The van der Waals surface area contributed by atoms with Crippen LogP contribution < -0.4 is 5.63 Å². The predicted octanol–water partition coefficient (Wildman–Crippen LogP) is 5.78. The number of rotatable bonds is 5. The summed E-state index contributed by atoms with van der Waals surface area (Å²) in [5.41, 5.74) is 3.07. The van der Waals surface area contributed by atoms with Crippen LogP contribution >= 0.6 is 0 Å². The topological polar surface area (TPSA) is 85.7 Å². The fourth-order valence-corrected chi connectivity index (χ4v) is 2.98. The van der Waals surface area contributed by atoms with Gasteiger partial charge >= 0.3 is 5.63 Å². The van der Waals surface area contributed by atoms with Crippen molar-refractivity contribution in [3.8, 4) is 11.1 Å². The van der Waals surface area contributed by atoms with Gasteiger partial charge in [0.15, 0.2) is 0 Å². The van der Waals surface area contributed by atoms with Gasteiger partial charge in [0.05, 0.1) is 16.2 Å². The van der Waals surface area contributed by atoms with Gasteiger partial charge in [0.2, 0.25) is 0 Å². The van der Waals surface area contributed by atoms with Gasteiger partial charge in [-0.1, -0.05) is 36.4 Å². The molecule has 0 amide bonds. The van der Waals surface area contributed by atoms with E-state index in [2.05, 4.69) is 4.99 Å². The van der Waals surface area contributed by atoms with E-state index in [-0.39, 0.29) is 11.3 Å². The first-order chi connectivity index (χ1) is 14.6. The summed E-state index contributed by atoms with van der Waals surface area (Å²) in [4.78, 5) is 26.9. The average molecular weight is 396 g/mol. The van der Waals surface area contributed by atoms with Gasteiger partial charge in [-0.3, -0.25) is 15.1 Å². The maximum absolute atomic E-state index is 12.3. The largest absolute Gasteiger partial charge is 0.422 e. The van der Waals surface area contributed by atoms with Crippen LogP contribution in [0, 0.1) is 10.1 Å². The van der Waals surface area contributed by atoms with Crippen LogP contribution in [0.3, 0.4) is 0 Å². The van der Waals surface area contributed by atoms with Crippen molar-refractivity contribution in [3.05, 3.63) is 111 Å². The van der Waals surface area contributed by atoms with Gasteiger partial charge in [0.1, 0.15) is 5.58 Å². The molecule has 3 aromatic carbocycles. The molecule has 4 rings (SSSR count). The molecule has 0 spiro atoms. The maximum Gasteiger partial charge on any atom is 0.344 e. The van der Waals surface area contributed by atoms with Crippen LogP contribution in [0.25, 0.3) is 28.2 Å². The summed E-state index contributed by atoms with van der Waals surface area (Å²) < 4.78 is 5.39. The molecule has 0 unspecified atom stereocenters. The van der Waals surface area contributed by atoms with Crippen molar-refractivity contribution in [1.82, 2.24) is 0 Å². The Labute approximate surface area is 171 Å². The van der Waals surface area contributed by atoms with Gasteiger partial charge in [-0.15, -0.1) is 0 Å². The minimum Gasteiger partial charge on any atom is -0.422 e. The van der Waals surface area contributed by atoms with Crippen molar-refractivity contribution >= 4 is 34.6 Å². The summed E-state index contributed by atoms with van der Waals surface area (Å²) in [5, 5.41) is 11.5. The van der Waals surface area contributed by atoms with E-state index < -0.39 is 4.92 Å². The van der Waals surface area contributed by atoms with Crippen LogP contribution in [-0.2, 0) is 0 Å². The van der Waals surface area contributed by atoms with Crippen LogP contribution in [0.15, 0.2) is 99.1 Å². The summed E-state index contributed by atoms with van der Waals surface area (Å²) >= 11 is 0. The highest BCUT2D eigenvalue weighted by molar-refractivity contribution is 5.83. The van der Waals surface area contributed by atoms with Crippen molar-refractivity contribution in [3.63, 3.8) is 0 Å². The highest BCUT2D eigenvalue weighted by atomic mass is 16.6. The number of hydrogen-bond acceptors (Lipinski definition) is 5. The van der Waals surface area contributed by atoms with E-state index in [4.69, 9.17) is 4.42 Å². The number of fused-ring (bicyclic) bond motifs is 1. The smallest absolute Gasteiger partial charge is 0.344 e. The van der Waals surface area contributed by atoms with Crippen molar-refractivity contribution in [2.45, 2.75) is 0 Å². The summed E-state index contributed by atoms with van der Waals surface area (Å²) in [5.74, 6) is 0. The van der Waals surface area contributed by atoms with Gasteiger partial charge in [0.25, 0.3) is 5.69 Å². The zero-order valence-corrected chi connectivity index (χ0v) is 15.8. The molecule has 0 N–H and O–H groups in total. The molecular formula is C24H16N2O4. The normalized spacial score (nSPS) is 11.5. The van der Waals surface area contributed by atoms with Gasteiger partial charge in [-0.25, -0.2) is 4.79 Å². The third-order valence-corrected chi connectivity index (χ3v) is 4.52. The van der Waals surface area contributed by atoms with Crippen LogP contribution in [0.1, 0.15) is 5.56 Å². The van der Waals surface area contributed by atoms with E-state index in [0.717, 1.165) is 22.2 Å². The lowest BCUT2D eigenvalue weighted by molar-refractivity contribution is -0.384. The summed E-state index contributed by atoms with van der Waals surface area (Å²) in [6.07, 6.45) is 5.20. The number of hydrogen-bond donors (Lipinski definition) is 0. The van der Waals surface area contributed by atoms with Gasteiger partial charge in [-0.2, -0.15) is 0 Å². The first-order valence-corrected chi connectivity index (χ1v) is 9.19. The Hall–Kier alpha value is -4.32. The summed E-state index contributed by atoms with van der Waals surface area (Å²) in [6.45, 7) is 0. The Kier molecular flexibility index (Phi) is 5.30. The van der Waals surface area contributed by atoms with Gasteiger partial charge in [0, 0.05) is 23.7 Å². The molecule has 0 aliphatic rings. The lowest BCUT2D eigenvalue weighted by Crippen LogP contribution is -2.02. The Morgan fingerprint density at radius 3 is 2.40 bits per heavy atom. The zero-order chi connectivity index (χ0) is 20.9. The molecule has 6 nitrogen and oxygen atoms in total. The summed E-state index contributed by atoms with van der Waals surface area (Å²) in [7, 11) is 0. The number of nitro benzene ring substituents is 1. The molecule has 0 aliphatic heterocycles. The standard InChI is InChI=1S/C24H16N2O4/c27-24-22(16-19-5-1-2-6-23(19)30-24)18-9-11-20(12-10-18)25-15-3-4-17-7-13-21(14-8-17)26(28)29/h1-16H. The molecule has 0 radical (unpaired) electrons. The minimum atomic E-state index is -0.430. The molecule has 0 aliphatic carbocycles. The van der Waals surface area contributed by atoms with Crippen molar-refractivity contribution in [1.29, 1.82) is 0 Å². The predicted molar refractivity (Wildman–Crippen MR) is 118 cm³/mol. The Balaban J connectivity index is 1.48. The average Bonchev–Trinajstić information content (AvgIpc) is 2.77. The molecular weight excluding hydrogens is 380 g/mol. The van der Waals surface area contributed by atoms with Gasteiger partial charge in [-0.05, 0) is 53.6 Å². The number of non-ortho nitro benzene ring substituents is 1. The van der Waals surface area contributed by atoms with E-state index >= 15 is 0 Å². The molecule has 0 saturated heterocycles. The van der Waals surface area contributed by atoms with E-state index in [1.807, 2.05) is 54.6 Å². The van der Waals surface area contributed by atoms with Crippen LogP contribution in [0.4, 0.5) is 11.4 Å². The van der Waals surface area contributed by atoms with Crippen molar-refractivity contribution in [2.24, 2.45) is 4.99 Å². The number of nitro groups is 1. The fourth-order valence-electron chi connectivity index (χ4n) is 2.98. The molecule has 0 saturated carbocycles. The molecule has 0 fully saturated rings. The molecule has 1 heterocycles. The second-order valence-electron chi connectivity index (χ2n) is 6.52. The molecule has 30 heavy (non-hydrogen) atoms. The molecule has 0 atom stereocenters. The lowest BCUT2D eigenvalue weighted by atomic mass is 10.1. The fraction of sp³-hybridized carbons (Fsp3) is 0. The third kappa shape index (κ3) is 4.23. The second-order valence-corrected chi connectivity index (χ2v) is 6.52. The monoisotopic (exact) mass is 396 g/mol. The van der Waals surface area contributed by atoms with Crippen LogP contribution in [0.5, 0.6) is 0 Å². The second kappa shape index (κ2) is 8.36.